The highest BCUT2D eigenvalue weighted by Crippen LogP contribution is 2.15. The molecular formula is C12H18N2O. The van der Waals surface area contributed by atoms with Crippen LogP contribution in [0.3, 0.4) is 0 Å². The summed E-state index contributed by atoms with van der Waals surface area (Å²) in [7, 11) is 0. The molecule has 1 atom stereocenters. The van der Waals surface area contributed by atoms with Crippen molar-refractivity contribution in [3.8, 4) is 0 Å². The lowest BCUT2D eigenvalue weighted by Gasteiger charge is -2.17. The van der Waals surface area contributed by atoms with Gasteiger partial charge in [-0.25, -0.2) is 4.79 Å². The van der Waals surface area contributed by atoms with Gasteiger partial charge in [-0.3, -0.25) is 0 Å². The van der Waals surface area contributed by atoms with E-state index in [1.54, 1.807) is 0 Å². The standard InChI is InChI=1S/C12H18N2O/c1-3-11(14-12(15)13-4-2)10-8-6-5-7-9-10/h5-9,11H,3-4H2,1-2H3,(H2,13,14,15)/t11-/m0/s1. The first-order valence-corrected chi connectivity index (χ1v) is 5.37. The van der Waals surface area contributed by atoms with Gasteiger partial charge in [-0.05, 0) is 18.9 Å². The lowest BCUT2D eigenvalue weighted by Crippen LogP contribution is -2.37. The maximum Gasteiger partial charge on any atom is 0.315 e. The van der Waals surface area contributed by atoms with Crippen LogP contribution >= 0.6 is 0 Å². The number of rotatable bonds is 4. The van der Waals surface area contributed by atoms with E-state index in [0.717, 1.165) is 12.0 Å². The minimum atomic E-state index is -0.104. The van der Waals surface area contributed by atoms with Crippen LogP contribution in [0.2, 0.25) is 0 Å². The summed E-state index contributed by atoms with van der Waals surface area (Å²) < 4.78 is 0. The predicted octanol–water partition coefficient (Wildman–Crippen LogP) is 2.46. The summed E-state index contributed by atoms with van der Waals surface area (Å²) in [6, 6.07) is 9.99. The number of benzene rings is 1. The first-order valence-electron chi connectivity index (χ1n) is 5.37. The maximum atomic E-state index is 11.4. The van der Waals surface area contributed by atoms with Crippen LogP contribution in [-0.4, -0.2) is 12.6 Å². The third-order valence-corrected chi connectivity index (χ3v) is 2.25. The fourth-order valence-corrected chi connectivity index (χ4v) is 1.48. The normalized spacial score (nSPS) is 11.9. The Kier molecular flexibility index (Phi) is 4.68. The smallest absolute Gasteiger partial charge is 0.315 e. The largest absolute Gasteiger partial charge is 0.338 e. The van der Waals surface area contributed by atoms with Gasteiger partial charge in [-0.2, -0.15) is 0 Å². The van der Waals surface area contributed by atoms with Crippen molar-refractivity contribution in [2.45, 2.75) is 26.3 Å². The van der Waals surface area contributed by atoms with E-state index in [4.69, 9.17) is 0 Å². The van der Waals surface area contributed by atoms with Crippen LogP contribution in [0.4, 0.5) is 4.79 Å². The van der Waals surface area contributed by atoms with Crippen LogP contribution in [0, 0.1) is 0 Å². The van der Waals surface area contributed by atoms with Gasteiger partial charge >= 0.3 is 6.03 Å². The van der Waals surface area contributed by atoms with Crippen LogP contribution < -0.4 is 10.6 Å². The number of amides is 2. The zero-order valence-electron chi connectivity index (χ0n) is 9.29. The van der Waals surface area contributed by atoms with E-state index in [1.165, 1.54) is 0 Å². The van der Waals surface area contributed by atoms with Gasteiger partial charge in [0.1, 0.15) is 0 Å². The number of carbonyl (C=O) groups excluding carboxylic acids is 1. The van der Waals surface area contributed by atoms with Crippen LogP contribution in [0.25, 0.3) is 0 Å². The second-order valence-corrected chi connectivity index (χ2v) is 3.38. The van der Waals surface area contributed by atoms with Gasteiger partial charge in [0, 0.05) is 6.54 Å². The van der Waals surface area contributed by atoms with E-state index < -0.39 is 0 Å². The number of carbonyl (C=O) groups is 1. The molecule has 0 radical (unpaired) electrons. The maximum absolute atomic E-state index is 11.4. The minimum absolute atomic E-state index is 0.0951. The molecule has 82 valence electrons. The van der Waals surface area contributed by atoms with E-state index in [2.05, 4.69) is 17.6 Å². The topological polar surface area (TPSA) is 41.1 Å². The highest BCUT2D eigenvalue weighted by Gasteiger charge is 2.10. The quantitative estimate of drug-likeness (QED) is 0.780. The Morgan fingerprint density at radius 1 is 1.27 bits per heavy atom. The number of nitrogens with one attached hydrogen (secondary N) is 2. The molecule has 0 heterocycles. The molecule has 1 aromatic rings. The van der Waals surface area contributed by atoms with Crippen molar-refractivity contribution in [2.75, 3.05) is 6.54 Å². The van der Waals surface area contributed by atoms with Gasteiger partial charge in [0.25, 0.3) is 0 Å². The molecule has 0 saturated carbocycles. The summed E-state index contributed by atoms with van der Waals surface area (Å²) in [6.07, 6.45) is 0.890. The molecule has 0 spiro atoms. The molecular weight excluding hydrogens is 188 g/mol. The molecule has 15 heavy (non-hydrogen) atoms. The Labute approximate surface area is 90.9 Å². The Hall–Kier alpha value is -1.51. The Balaban J connectivity index is 2.61. The van der Waals surface area contributed by atoms with E-state index in [1.807, 2.05) is 37.3 Å². The fourth-order valence-electron chi connectivity index (χ4n) is 1.48. The Morgan fingerprint density at radius 2 is 1.93 bits per heavy atom. The van der Waals surface area contributed by atoms with E-state index in [9.17, 15) is 4.79 Å². The summed E-state index contributed by atoms with van der Waals surface area (Å²) >= 11 is 0. The molecule has 0 fully saturated rings. The first kappa shape index (κ1) is 11.6. The summed E-state index contributed by atoms with van der Waals surface area (Å²) in [5.74, 6) is 0. The Morgan fingerprint density at radius 3 is 2.47 bits per heavy atom. The molecule has 0 aliphatic carbocycles. The number of hydrogen-bond acceptors (Lipinski definition) is 1. The average Bonchev–Trinajstić information content (AvgIpc) is 2.27. The molecule has 2 amide bonds. The predicted molar refractivity (Wildman–Crippen MR) is 61.7 cm³/mol. The van der Waals surface area contributed by atoms with Crippen LogP contribution in [-0.2, 0) is 0 Å². The summed E-state index contributed by atoms with van der Waals surface area (Å²) in [6.45, 7) is 4.62. The molecule has 3 nitrogen and oxygen atoms in total. The fraction of sp³-hybridized carbons (Fsp3) is 0.417. The van der Waals surface area contributed by atoms with Crippen LogP contribution in [0.1, 0.15) is 31.9 Å². The van der Waals surface area contributed by atoms with Crippen molar-refractivity contribution in [3.63, 3.8) is 0 Å². The molecule has 0 saturated heterocycles. The minimum Gasteiger partial charge on any atom is -0.338 e. The average molecular weight is 206 g/mol. The van der Waals surface area contributed by atoms with Crippen molar-refractivity contribution >= 4 is 6.03 Å². The van der Waals surface area contributed by atoms with Gasteiger partial charge in [-0.1, -0.05) is 37.3 Å². The summed E-state index contributed by atoms with van der Waals surface area (Å²) in [5, 5.41) is 5.66. The first-order chi connectivity index (χ1) is 7.27. The van der Waals surface area contributed by atoms with Gasteiger partial charge in [-0.15, -0.1) is 0 Å². The van der Waals surface area contributed by atoms with Gasteiger partial charge in [0.2, 0.25) is 0 Å². The molecule has 1 aromatic carbocycles. The molecule has 1 rings (SSSR count). The van der Waals surface area contributed by atoms with Crippen LogP contribution in [0.15, 0.2) is 30.3 Å². The Bertz CT molecular complexity index is 298. The highest BCUT2D eigenvalue weighted by molar-refractivity contribution is 5.74. The summed E-state index contributed by atoms with van der Waals surface area (Å²) in [5.41, 5.74) is 1.14. The zero-order valence-corrected chi connectivity index (χ0v) is 9.29. The van der Waals surface area contributed by atoms with E-state index >= 15 is 0 Å². The number of urea groups is 1. The third-order valence-electron chi connectivity index (χ3n) is 2.25. The molecule has 3 heteroatoms. The SMILES string of the molecule is CCNC(=O)N[C@@H](CC)c1ccccc1. The van der Waals surface area contributed by atoms with Gasteiger partial charge < -0.3 is 10.6 Å². The molecule has 0 aliphatic heterocycles. The van der Waals surface area contributed by atoms with Crippen molar-refractivity contribution in [2.24, 2.45) is 0 Å². The van der Waals surface area contributed by atoms with Gasteiger partial charge in [0.05, 0.1) is 6.04 Å². The number of hydrogen-bond donors (Lipinski definition) is 2. The lowest BCUT2D eigenvalue weighted by atomic mass is 10.1. The second-order valence-electron chi connectivity index (χ2n) is 3.38. The molecule has 2 N–H and O–H groups in total. The van der Waals surface area contributed by atoms with Crippen molar-refractivity contribution in [1.82, 2.24) is 10.6 Å². The van der Waals surface area contributed by atoms with Gasteiger partial charge in [0.15, 0.2) is 0 Å². The zero-order chi connectivity index (χ0) is 11.1. The monoisotopic (exact) mass is 206 g/mol. The molecule has 0 unspecified atom stereocenters. The van der Waals surface area contributed by atoms with Crippen LogP contribution in [0.5, 0.6) is 0 Å². The van der Waals surface area contributed by atoms with Crippen molar-refractivity contribution in [3.05, 3.63) is 35.9 Å². The molecule has 0 bridgehead atoms. The highest BCUT2D eigenvalue weighted by atomic mass is 16.2. The van der Waals surface area contributed by atoms with Crippen molar-refractivity contribution in [1.29, 1.82) is 0 Å². The molecule has 0 aromatic heterocycles. The van der Waals surface area contributed by atoms with E-state index in [0.29, 0.717) is 6.54 Å². The summed E-state index contributed by atoms with van der Waals surface area (Å²) in [4.78, 5) is 11.4. The van der Waals surface area contributed by atoms with E-state index in [-0.39, 0.29) is 12.1 Å². The van der Waals surface area contributed by atoms with Crippen molar-refractivity contribution < 1.29 is 4.79 Å². The molecule has 0 aliphatic rings. The second kappa shape index (κ2) is 6.06. The third kappa shape index (κ3) is 3.62. The lowest BCUT2D eigenvalue weighted by molar-refractivity contribution is 0.237.